The van der Waals surface area contributed by atoms with E-state index in [-0.39, 0.29) is 37.2 Å². The van der Waals surface area contributed by atoms with Crippen molar-refractivity contribution in [3.05, 3.63) is 48.0 Å². The van der Waals surface area contributed by atoms with Gasteiger partial charge >= 0.3 is 169 Å². The normalized spacial score (nSPS) is 15.7. The van der Waals surface area contributed by atoms with Crippen molar-refractivity contribution < 1.29 is 57.7 Å². The maximum absolute atomic E-state index is 2.66. The Kier molecular flexibility index (Phi) is 12.9. The minimum atomic E-state index is -1.70. The molecule has 0 spiro atoms. The van der Waals surface area contributed by atoms with Crippen LogP contribution in [0.15, 0.2) is 20.2 Å². The topological polar surface area (TPSA) is 0 Å². The van der Waals surface area contributed by atoms with E-state index in [1.54, 1.807) is 31.3 Å². The van der Waals surface area contributed by atoms with Crippen molar-refractivity contribution in [2.24, 2.45) is 0 Å². The SMILES string of the molecule is CCCC[Si](C)(C1=C(C)C(C)=[C]([Ti+3])C1)c1c(C)c(C)c(C)c(C)c1C.[Cl-].[Cl-].[Cl-]. The van der Waals surface area contributed by atoms with Crippen molar-refractivity contribution in [1.82, 2.24) is 0 Å². The molecule has 1 aliphatic rings. The minimum absolute atomic E-state index is 0. The molecule has 28 heavy (non-hydrogen) atoms. The first-order valence-corrected chi connectivity index (χ1v) is 13.3. The molecular weight excluding hydrogens is 459 g/mol. The summed E-state index contributed by atoms with van der Waals surface area (Å²) in [5.41, 5.74) is 10.9. The van der Waals surface area contributed by atoms with Crippen LogP contribution >= 0.6 is 0 Å². The van der Waals surface area contributed by atoms with Crippen LogP contribution in [0.3, 0.4) is 0 Å². The molecule has 1 aromatic carbocycles. The molecule has 5 heteroatoms. The molecule has 0 bridgehead atoms. The van der Waals surface area contributed by atoms with Crippen LogP contribution in [0.5, 0.6) is 0 Å². The predicted molar refractivity (Wildman–Crippen MR) is 111 cm³/mol. The van der Waals surface area contributed by atoms with Crippen molar-refractivity contribution in [2.75, 3.05) is 0 Å². The van der Waals surface area contributed by atoms with Crippen LogP contribution in [0.25, 0.3) is 0 Å². The molecule has 2 rings (SSSR count). The van der Waals surface area contributed by atoms with Gasteiger partial charge in [0.2, 0.25) is 0 Å². The second-order valence-electron chi connectivity index (χ2n) is 8.32. The van der Waals surface area contributed by atoms with Crippen LogP contribution in [0.4, 0.5) is 0 Å². The Hall–Kier alpha value is 0.501. The number of hydrogen-bond acceptors (Lipinski definition) is 0. The molecule has 0 fully saturated rings. The summed E-state index contributed by atoms with van der Waals surface area (Å²) in [7, 11) is -1.70. The van der Waals surface area contributed by atoms with E-state index in [1.807, 2.05) is 5.20 Å². The molecule has 0 heterocycles. The molecule has 0 nitrogen and oxygen atoms in total. The molecule has 1 aliphatic carbocycles. The summed E-state index contributed by atoms with van der Waals surface area (Å²) in [5, 5.41) is 3.56. The van der Waals surface area contributed by atoms with E-state index in [0.29, 0.717) is 0 Å². The average Bonchev–Trinajstić information content (AvgIpc) is 2.84. The predicted octanol–water partition coefficient (Wildman–Crippen LogP) is -2.59. The molecule has 1 unspecified atom stereocenters. The largest absolute Gasteiger partial charge is 1.00 e. The Bertz CT molecular complexity index is 752. The number of allylic oxidation sites excluding steroid dienone is 4. The van der Waals surface area contributed by atoms with Crippen LogP contribution in [-0.4, -0.2) is 8.07 Å². The van der Waals surface area contributed by atoms with Gasteiger partial charge in [0.1, 0.15) is 0 Å². The van der Waals surface area contributed by atoms with Crippen LogP contribution in [-0.2, 0) is 20.4 Å². The molecule has 0 radical (unpaired) electrons. The van der Waals surface area contributed by atoms with Crippen LogP contribution in [0.2, 0.25) is 12.6 Å². The number of benzene rings is 1. The van der Waals surface area contributed by atoms with E-state index >= 15 is 0 Å². The first-order valence-electron chi connectivity index (χ1n) is 9.77. The molecule has 0 N–H and O–H groups in total. The Morgan fingerprint density at radius 3 is 1.54 bits per heavy atom. The van der Waals surface area contributed by atoms with Gasteiger partial charge in [0.15, 0.2) is 0 Å². The second-order valence-corrected chi connectivity index (χ2v) is 13.5. The molecule has 0 saturated heterocycles. The average molecular weight is 494 g/mol. The maximum Gasteiger partial charge on any atom is -1.00 e. The second kappa shape index (κ2) is 11.8. The van der Waals surface area contributed by atoms with Crippen molar-refractivity contribution in [3.63, 3.8) is 0 Å². The zero-order valence-electron chi connectivity index (χ0n) is 19.0. The van der Waals surface area contributed by atoms with Gasteiger partial charge in [-0.05, 0) is 0 Å². The monoisotopic (exact) mass is 492 g/mol. The van der Waals surface area contributed by atoms with E-state index in [4.69, 9.17) is 0 Å². The van der Waals surface area contributed by atoms with Crippen LogP contribution in [0.1, 0.15) is 67.9 Å². The Balaban J connectivity index is 0. The summed E-state index contributed by atoms with van der Waals surface area (Å²) in [6.07, 6.45) is 3.86. The third-order valence-electron chi connectivity index (χ3n) is 7.07. The van der Waals surface area contributed by atoms with Gasteiger partial charge in [0.05, 0.1) is 0 Å². The van der Waals surface area contributed by atoms with Crippen LogP contribution < -0.4 is 42.4 Å². The molecular formula is C23H35Cl3SiTi. The Labute approximate surface area is 205 Å². The van der Waals surface area contributed by atoms with E-state index < -0.39 is 8.07 Å². The fourth-order valence-corrected chi connectivity index (χ4v) is 11.2. The van der Waals surface area contributed by atoms with Gasteiger partial charge in [-0.2, -0.15) is 0 Å². The standard InChI is InChI=1S/C23H35Si.3ClH.Ti/c1-10-11-14-24(9,22-13-12-15(2)16(22)3)23-20(7)18(5)17(4)19(6)21(23)8;;;;/h10-11,13-14H2,1-9H3;3*1H;/q;;;;+3/p-3. The van der Waals surface area contributed by atoms with E-state index in [2.05, 4.69) is 82.4 Å². The van der Waals surface area contributed by atoms with E-state index in [9.17, 15) is 0 Å². The molecule has 0 saturated carbocycles. The van der Waals surface area contributed by atoms with Gasteiger partial charge in [-0.1, -0.05) is 0 Å². The Morgan fingerprint density at radius 2 is 1.18 bits per heavy atom. The number of unbranched alkanes of at least 4 members (excludes halogenated alkanes) is 1. The Morgan fingerprint density at radius 1 is 0.750 bits per heavy atom. The van der Waals surface area contributed by atoms with Crippen molar-refractivity contribution >= 4 is 13.3 Å². The fraction of sp³-hybridized carbons (Fsp3) is 0.565. The molecule has 156 valence electrons. The van der Waals surface area contributed by atoms with Crippen molar-refractivity contribution in [3.8, 4) is 0 Å². The van der Waals surface area contributed by atoms with E-state index in [0.717, 1.165) is 0 Å². The molecule has 0 amide bonds. The van der Waals surface area contributed by atoms with Gasteiger partial charge in [0.25, 0.3) is 0 Å². The third kappa shape index (κ3) is 5.21. The first-order chi connectivity index (χ1) is 11.6. The van der Waals surface area contributed by atoms with Gasteiger partial charge in [-0.25, -0.2) is 0 Å². The summed E-state index contributed by atoms with van der Waals surface area (Å²) >= 11 is 2.34. The number of rotatable bonds is 5. The van der Waals surface area contributed by atoms with Gasteiger partial charge in [-0.15, -0.1) is 0 Å². The molecule has 1 atom stereocenters. The number of hydrogen-bond donors (Lipinski definition) is 0. The summed E-state index contributed by atoms with van der Waals surface area (Å²) in [6, 6.07) is 1.39. The zero-order chi connectivity index (χ0) is 19.1. The summed E-state index contributed by atoms with van der Waals surface area (Å²) < 4.78 is 1.60. The summed E-state index contributed by atoms with van der Waals surface area (Å²) in [6.45, 7) is 21.5. The zero-order valence-corrected chi connectivity index (χ0v) is 23.8. The van der Waals surface area contributed by atoms with Gasteiger partial charge < -0.3 is 37.2 Å². The molecule has 1 aromatic rings. The van der Waals surface area contributed by atoms with Gasteiger partial charge in [-0.3, -0.25) is 0 Å². The fourth-order valence-electron chi connectivity index (χ4n) is 4.79. The third-order valence-corrected chi connectivity index (χ3v) is 13.0. The molecule has 0 aliphatic heterocycles. The maximum atomic E-state index is 2.66. The summed E-state index contributed by atoms with van der Waals surface area (Å²) in [4.78, 5) is 0. The smallest absolute Gasteiger partial charge is 1.00 e. The number of halogens is 3. The first kappa shape index (κ1) is 30.7. The van der Waals surface area contributed by atoms with E-state index in [1.165, 1.54) is 42.0 Å². The van der Waals surface area contributed by atoms with Crippen molar-refractivity contribution in [1.29, 1.82) is 0 Å². The quantitative estimate of drug-likeness (QED) is 0.395. The minimum Gasteiger partial charge on any atom is -1.00 e. The van der Waals surface area contributed by atoms with Crippen LogP contribution in [0, 0.1) is 34.6 Å². The van der Waals surface area contributed by atoms with Crippen molar-refractivity contribution in [2.45, 2.75) is 87.2 Å². The molecule has 0 aromatic heterocycles. The van der Waals surface area contributed by atoms with Gasteiger partial charge in [0, 0.05) is 0 Å². The summed E-state index contributed by atoms with van der Waals surface area (Å²) in [5.74, 6) is 0.